The molecule has 0 aliphatic heterocycles. The zero-order valence-electron chi connectivity index (χ0n) is 14.0. The number of amides is 1. The molecule has 24 heavy (non-hydrogen) atoms. The molecular weight excluding hydrogens is 304 g/mol. The summed E-state index contributed by atoms with van der Waals surface area (Å²) in [5, 5.41) is 2.90. The van der Waals surface area contributed by atoms with Gasteiger partial charge in [-0.25, -0.2) is 0 Å². The normalized spacial score (nSPS) is 10.2. The van der Waals surface area contributed by atoms with E-state index in [4.69, 9.17) is 15.2 Å². The number of benzene rings is 2. The van der Waals surface area contributed by atoms with Gasteiger partial charge in [0.1, 0.15) is 17.2 Å². The molecule has 0 aliphatic rings. The second-order valence-electron chi connectivity index (χ2n) is 5.38. The van der Waals surface area contributed by atoms with Crippen molar-refractivity contribution in [2.24, 2.45) is 5.73 Å². The number of hydrogen-bond acceptors (Lipinski definition) is 4. The van der Waals surface area contributed by atoms with Gasteiger partial charge in [0, 0.05) is 12.6 Å². The third kappa shape index (κ3) is 5.28. The maximum Gasteiger partial charge on any atom is 0.255 e. The van der Waals surface area contributed by atoms with Gasteiger partial charge < -0.3 is 20.5 Å². The summed E-state index contributed by atoms with van der Waals surface area (Å²) in [4.78, 5) is 12.3. The second-order valence-corrected chi connectivity index (χ2v) is 5.38. The molecule has 0 aromatic heterocycles. The molecule has 0 bridgehead atoms. The lowest BCUT2D eigenvalue weighted by Gasteiger charge is -2.12. The van der Waals surface area contributed by atoms with E-state index >= 15 is 0 Å². The fraction of sp³-hybridized carbons (Fsp3) is 0.316. The van der Waals surface area contributed by atoms with Crippen LogP contribution in [0, 0.1) is 0 Å². The van der Waals surface area contributed by atoms with Crippen LogP contribution in [0.15, 0.2) is 48.5 Å². The number of ether oxygens (including phenoxy) is 2. The number of carbonyl (C=O) groups is 1. The largest absolute Gasteiger partial charge is 0.496 e. The maximum absolute atomic E-state index is 12.3. The van der Waals surface area contributed by atoms with Crippen molar-refractivity contribution in [3.05, 3.63) is 54.1 Å². The molecule has 0 unspecified atom stereocenters. The lowest BCUT2D eigenvalue weighted by molar-refractivity contribution is 0.0950. The molecule has 0 aliphatic carbocycles. The predicted molar refractivity (Wildman–Crippen MR) is 94.7 cm³/mol. The van der Waals surface area contributed by atoms with Crippen LogP contribution < -0.4 is 20.5 Å². The van der Waals surface area contributed by atoms with Gasteiger partial charge in [-0.15, -0.1) is 0 Å². The SMILES string of the molecule is COc1cc(Oc2ccccc2)ccc1C(=O)NCCCCCN. The number of rotatable bonds is 9. The predicted octanol–water partition coefficient (Wildman–Crippen LogP) is 3.35. The summed E-state index contributed by atoms with van der Waals surface area (Å²) in [6.45, 7) is 1.31. The van der Waals surface area contributed by atoms with Crippen molar-refractivity contribution in [3.8, 4) is 17.2 Å². The van der Waals surface area contributed by atoms with E-state index in [1.807, 2.05) is 30.3 Å². The van der Waals surface area contributed by atoms with Crippen LogP contribution in [0.25, 0.3) is 0 Å². The number of methoxy groups -OCH3 is 1. The van der Waals surface area contributed by atoms with Crippen molar-refractivity contribution < 1.29 is 14.3 Å². The average Bonchev–Trinajstić information content (AvgIpc) is 2.62. The Balaban J connectivity index is 1.99. The van der Waals surface area contributed by atoms with E-state index < -0.39 is 0 Å². The quantitative estimate of drug-likeness (QED) is 0.692. The van der Waals surface area contributed by atoms with Gasteiger partial charge in [-0.3, -0.25) is 4.79 Å². The van der Waals surface area contributed by atoms with E-state index in [1.54, 1.807) is 25.3 Å². The summed E-state index contributed by atoms with van der Waals surface area (Å²) >= 11 is 0. The second kappa shape index (κ2) is 9.57. The van der Waals surface area contributed by atoms with Gasteiger partial charge in [-0.1, -0.05) is 24.6 Å². The van der Waals surface area contributed by atoms with Crippen LogP contribution in [0.2, 0.25) is 0 Å². The summed E-state index contributed by atoms with van der Waals surface area (Å²) < 4.78 is 11.1. The zero-order valence-corrected chi connectivity index (χ0v) is 14.0. The van der Waals surface area contributed by atoms with Crippen LogP contribution in [-0.4, -0.2) is 26.1 Å². The molecule has 0 spiro atoms. The first-order valence-corrected chi connectivity index (χ1v) is 8.14. The molecule has 3 N–H and O–H groups in total. The highest BCUT2D eigenvalue weighted by atomic mass is 16.5. The minimum atomic E-state index is -0.147. The molecule has 5 nitrogen and oxygen atoms in total. The standard InChI is InChI=1S/C19H24N2O3/c1-23-18-14-16(24-15-8-4-2-5-9-15)10-11-17(18)19(22)21-13-7-3-6-12-20/h2,4-5,8-11,14H,3,6-7,12-13,20H2,1H3,(H,21,22). The van der Waals surface area contributed by atoms with Crippen LogP contribution in [0.5, 0.6) is 17.2 Å². The molecular formula is C19H24N2O3. The third-order valence-electron chi connectivity index (χ3n) is 3.56. The highest BCUT2D eigenvalue weighted by molar-refractivity contribution is 5.97. The number of para-hydroxylation sites is 1. The van der Waals surface area contributed by atoms with Crippen LogP contribution in [-0.2, 0) is 0 Å². The fourth-order valence-corrected chi connectivity index (χ4v) is 2.29. The van der Waals surface area contributed by atoms with E-state index in [0.717, 1.165) is 25.0 Å². The molecule has 0 fully saturated rings. The lowest BCUT2D eigenvalue weighted by Crippen LogP contribution is -2.25. The molecule has 2 aromatic carbocycles. The zero-order chi connectivity index (χ0) is 17.2. The molecule has 2 rings (SSSR count). The van der Waals surface area contributed by atoms with Crippen molar-refractivity contribution in [3.63, 3.8) is 0 Å². The topological polar surface area (TPSA) is 73.6 Å². The van der Waals surface area contributed by atoms with Crippen LogP contribution in [0.4, 0.5) is 0 Å². The Morgan fingerprint density at radius 1 is 1.04 bits per heavy atom. The molecule has 0 radical (unpaired) electrons. The van der Waals surface area contributed by atoms with Gasteiger partial charge in [0.15, 0.2) is 0 Å². The highest BCUT2D eigenvalue weighted by Crippen LogP contribution is 2.28. The van der Waals surface area contributed by atoms with Crippen molar-refractivity contribution in [2.75, 3.05) is 20.2 Å². The molecule has 0 saturated heterocycles. The first-order chi connectivity index (χ1) is 11.7. The van der Waals surface area contributed by atoms with Crippen molar-refractivity contribution in [1.29, 1.82) is 0 Å². The van der Waals surface area contributed by atoms with Gasteiger partial charge in [0.25, 0.3) is 5.91 Å². The van der Waals surface area contributed by atoms with Gasteiger partial charge in [0.05, 0.1) is 12.7 Å². The summed E-state index contributed by atoms with van der Waals surface area (Å²) in [5.41, 5.74) is 5.95. The minimum absolute atomic E-state index is 0.147. The summed E-state index contributed by atoms with van der Waals surface area (Å²) in [6.07, 6.45) is 2.91. The van der Waals surface area contributed by atoms with E-state index in [-0.39, 0.29) is 5.91 Å². The molecule has 5 heteroatoms. The van der Waals surface area contributed by atoms with Gasteiger partial charge in [0.2, 0.25) is 0 Å². The summed E-state index contributed by atoms with van der Waals surface area (Å²) in [7, 11) is 1.54. The van der Waals surface area contributed by atoms with Gasteiger partial charge >= 0.3 is 0 Å². The Bertz CT molecular complexity index is 644. The maximum atomic E-state index is 12.3. The molecule has 0 atom stereocenters. The Morgan fingerprint density at radius 2 is 1.83 bits per heavy atom. The lowest BCUT2D eigenvalue weighted by atomic mass is 10.1. The number of nitrogens with two attached hydrogens (primary N) is 1. The number of nitrogens with one attached hydrogen (secondary N) is 1. The van der Waals surface area contributed by atoms with Gasteiger partial charge in [-0.2, -0.15) is 0 Å². The van der Waals surface area contributed by atoms with Crippen LogP contribution >= 0.6 is 0 Å². The Kier molecular flexibility index (Phi) is 7.11. The van der Waals surface area contributed by atoms with E-state index in [1.165, 1.54) is 0 Å². The summed E-state index contributed by atoms with van der Waals surface area (Å²) in [6, 6.07) is 14.7. The Labute approximate surface area is 142 Å². The Morgan fingerprint density at radius 3 is 2.54 bits per heavy atom. The summed E-state index contributed by atoms with van der Waals surface area (Å²) in [5.74, 6) is 1.70. The fourth-order valence-electron chi connectivity index (χ4n) is 2.29. The van der Waals surface area contributed by atoms with E-state index in [0.29, 0.717) is 30.2 Å². The number of hydrogen-bond donors (Lipinski definition) is 2. The van der Waals surface area contributed by atoms with Crippen LogP contribution in [0.3, 0.4) is 0 Å². The third-order valence-corrected chi connectivity index (χ3v) is 3.56. The van der Waals surface area contributed by atoms with Crippen LogP contribution in [0.1, 0.15) is 29.6 Å². The van der Waals surface area contributed by atoms with Crippen molar-refractivity contribution in [1.82, 2.24) is 5.32 Å². The number of unbranched alkanes of at least 4 members (excludes halogenated alkanes) is 2. The van der Waals surface area contributed by atoms with E-state index in [9.17, 15) is 4.79 Å². The first-order valence-electron chi connectivity index (χ1n) is 8.14. The molecule has 0 saturated carbocycles. The first kappa shape index (κ1) is 17.8. The number of carbonyl (C=O) groups excluding carboxylic acids is 1. The van der Waals surface area contributed by atoms with Crippen molar-refractivity contribution in [2.45, 2.75) is 19.3 Å². The van der Waals surface area contributed by atoms with Crippen molar-refractivity contribution >= 4 is 5.91 Å². The minimum Gasteiger partial charge on any atom is -0.496 e. The van der Waals surface area contributed by atoms with E-state index in [2.05, 4.69) is 5.32 Å². The van der Waals surface area contributed by atoms with Gasteiger partial charge in [-0.05, 0) is 43.7 Å². The molecule has 2 aromatic rings. The average molecular weight is 328 g/mol. The highest BCUT2D eigenvalue weighted by Gasteiger charge is 2.13. The monoisotopic (exact) mass is 328 g/mol. The molecule has 128 valence electrons. The molecule has 1 amide bonds. The molecule has 0 heterocycles. The smallest absolute Gasteiger partial charge is 0.255 e. The Hall–Kier alpha value is -2.53.